The van der Waals surface area contributed by atoms with Crippen molar-refractivity contribution in [2.75, 3.05) is 6.54 Å². The van der Waals surface area contributed by atoms with Gasteiger partial charge in [-0.3, -0.25) is 4.98 Å². The highest BCUT2D eigenvalue weighted by molar-refractivity contribution is 5.79. The van der Waals surface area contributed by atoms with E-state index < -0.39 is 0 Å². The Labute approximate surface area is 108 Å². The first-order chi connectivity index (χ1) is 8.65. The summed E-state index contributed by atoms with van der Waals surface area (Å²) in [5, 5.41) is 4.50. The standard InChI is InChI=1S/C15H20N2O/c1-11(2)17-10-12(3)18-14-7-6-13-5-4-8-16-15(13)9-14/h4-9,11-12,17H,10H2,1-3H3. The smallest absolute Gasteiger partial charge is 0.121 e. The Morgan fingerprint density at radius 2 is 2.06 bits per heavy atom. The molecule has 2 rings (SSSR count). The van der Waals surface area contributed by atoms with Gasteiger partial charge in [-0.1, -0.05) is 19.9 Å². The molecular weight excluding hydrogens is 224 g/mol. The topological polar surface area (TPSA) is 34.1 Å². The predicted molar refractivity (Wildman–Crippen MR) is 75.0 cm³/mol. The number of fused-ring (bicyclic) bond motifs is 1. The van der Waals surface area contributed by atoms with Gasteiger partial charge < -0.3 is 10.1 Å². The van der Waals surface area contributed by atoms with Crippen LogP contribution in [0, 0.1) is 0 Å². The van der Waals surface area contributed by atoms with E-state index in [1.165, 1.54) is 0 Å². The van der Waals surface area contributed by atoms with Crippen molar-refractivity contribution in [3.05, 3.63) is 36.5 Å². The highest BCUT2D eigenvalue weighted by Crippen LogP contribution is 2.19. The second-order valence-corrected chi connectivity index (χ2v) is 4.85. The molecule has 0 radical (unpaired) electrons. The van der Waals surface area contributed by atoms with Gasteiger partial charge in [0, 0.05) is 30.2 Å². The second kappa shape index (κ2) is 5.83. The van der Waals surface area contributed by atoms with Crippen molar-refractivity contribution in [2.24, 2.45) is 0 Å². The van der Waals surface area contributed by atoms with Gasteiger partial charge in [0.05, 0.1) is 5.52 Å². The van der Waals surface area contributed by atoms with Crippen molar-refractivity contribution < 1.29 is 4.74 Å². The lowest BCUT2D eigenvalue weighted by Crippen LogP contribution is -2.33. The molecule has 1 aromatic heterocycles. The summed E-state index contributed by atoms with van der Waals surface area (Å²) in [4.78, 5) is 4.33. The van der Waals surface area contributed by atoms with Crippen LogP contribution < -0.4 is 10.1 Å². The number of benzene rings is 1. The zero-order valence-corrected chi connectivity index (χ0v) is 11.2. The minimum absolute atomic E-state index is 0.147. The maximum atomic E-state index is 5.87. The number of pyridine rings is 1. The van der Waals surface area contributed by atoms with Crippen LogP contribution in [0.4, 0.5) is 0 Å². The molecule has 3 heteroatoms. The van der Waals surface area contributed by atoms with Gasteiger partial charge in [0.1, 0.15) is 11.9 Å². The van der Waals surface area contributed by atoms with Crippen molar-refractivity contribution in [2.45, 2.75) is 32.9 Å². The first-order valence-corrected chi connectivity index (χ1v) is 6.40. The molecule has 3 nitrogen and oxygen atoms in total. The van der Waals surface area contributed by atoms with Gasteiger partial charge in [-0.15, -0.1) is 0 Å². The van der Waals surface area contributed by atoms with E-state index >= 15 is 0 Å². The molecule has 0 amide bonds. The molecule has 1 aromatic carbocycles. The summed E-state index contributed by atoms with van der Waals surface area (Å²) in [7, 11) is 0. The van der Waals surface area contributed by atoms with Gasteiger partial charge in [0.25, 0.3) is 0 Å². The average molecular weight is 244 g/mol. The molecule has 1 unspecified atom stereocenters. The Hall–Kier alpha value is -1.61. The maximum absolute atomic E-state index is 5.87. The second-order valence-electron chi connectivity index (χ2n) is 4.85. The molecule has 1 heterocycles. The molecular formula is C15H20N2O. The van der Waals surface area contributed by atoms with E-state index in [2.05, 4.69) is 37.1 Å². The summed E-state index contributed by atoms with van der Waals surface area (Å²) >= 11 is 0. The van der Waals surface area contributed by atoms with Crippen molar-refractivity contribution in [3.63, 3.8) is 0 Å². The molecule has 0 aliphatic rings. The molecule has 0 bridgehead atoms. The van der Waals surface area contributed by atoms with Crippen LogP contribution in [-0.4, -0.2) is 23.7 Å². The van der Waals surface area contributed by atoms with Gasteiger partial charge in [0.2, 0.25) is 0 Å². The predicted octanol–water partition coefficient (Wildman–Crippen LogP) is 3.00. The first-order valence-electron chi connectivity index (χ1n) is 6.40. The quantitative estimate of drug-likeness (QED) is 0.878. The largest absolute Gasteiger partial charge is 0.489 e. The van der Waals surface area contributed by atoms with Crippen LogP contribution >= 0.6 is 0 Å². The van der Waals surface area contributed by atoms with Crippen molar-refractivity contribution in [1.29, 1.82) is 0 Å². The Bertz CT molecular complexity index is 511. The fourth-order valence-corrected chi connectivity index (χ4v) is 1.80. The Morgan fingerprint density at radius 1 is 1.22 bits per heavy atom. The van der Waals surface area contributed by atoms with Crippen LogP contribution in [0.5, 0.6) is 5.75 Å². The lowest BCUT2D eigenvalue weighted by molar-refractivity contribution is 0.214. The number of aromatic nitrogens is 1. The Balaban J connectivity index is 2.03. The third-order valence-electron chi connectivity index (χ3n) is 2.73. The van der Waals surface area contributed by atoms with Crippen LogP contribution in [0.25, 0.3) is 10.9 Å². The summed E-state index contributed by atoms with van der Waals surface area (Å²) in [5.41, 5.74) is 0.971. The molecule has 2 aromatic rings. The summed E-state index contributed by atoms with van der Waals surface area (Å²) < 4.78 is 5.87. The minimum Gasteiger partial charge on any atom is -0.489 e. The van der Waals surface area contributed by atoms with E-state index in [1.807, 2.05) is 24.3 Å². The number of hydrogen-bond acceptors (Lipinski definition) is 3. The summed E-state index contributed by atoms with van der Waals surface area (Å²) in [6.07, 6.45) is 1.95. The van der Waals surface area contributed by atoms with Crippen molar-refractivity contribution >= 4 is 10.9 Å². The zero-order valence-electron chi connectivity index (χ0n) is 11.2. The van der Waals surface area contributed by atoms with Crippen LogP contribution in [0.1, 0.15) is 20.8 Å². The highest BCUT2D eigenvalue weighted by Gasteiger charge is 2.05. The fourth-order valence-electron chi connectivity index (χ4n) is 1.80. The van der Waals surface area contributed by atoms with Crippen molar-refractivity contribution in [3.8, 4) is 5.75 Å². The van der Waals surface area contributed by atoms with Crippen molar-refractivity contribution in [1.82, 2.24) is 10.3 Å². The van der Waals surface area contributed by atoms with E-state index in [0.717, 1.165) is 23.2 Å². The third-order valence-corrected chi connectivity index (χ3v) is 2.73. The lowest BCUT2D eigenvalue weighted by Gasteiger charge is -2.17. The van der Waals surface area contributed by atoms with Gasteiger partial charge in [-0.05, 0) is 25.1 Å². The van der Waals surface area contributed by atoms with E-state index in [-0.39, 0.29) is 6.10 Å². The molecule has 0 saturated heterocycles. The minimum atomic E-state index is 0.147. The number of hydrogen-bond donors (Lipinski definition) is 1. The first kappa shape index (κ1) is 12.8. The number of rotatable bonds is 5. The molecule has 18 heavy (non-hydrogen) atoms. The number of nitrogens with zero attached hydrogens (tertiary/aromatic N) is 1. The molecule has 0 aliphatic carbocycles. The number of ether oxygens (including phenoxy) is 1. The molecule has 0 aliphatic heterocycles. The monoisotopic (exact) mass is 244 g/mol. The fraction of sp³-hybridized carbons (Fsp3) is 0.400. The van der Waals surface area contributed by atoms with Crippen LogP contribution in [0.3, 0.4) is 0 Å². The van der Waals surface area contributed by atoms with E-state index in [0.29, 0.717) is 6.04 Å². The lowest BCUT2D eigenvalue weighted by atomic mass is 10.2. The molecule has 0 fully saturated rings. The van der Waals surface area contributed by atoms with E-state index in [9.17, 15) is 0 Å². The van der Waals surface area contributed by atoms with Gasteiger partial charge >= 0.3 is 0 Å². The molecule has 0 spiro atoms. The van der Waals surface area contributed by atoms with Gasteiger partial charge in [0.15, 0.2) is 0 Å². The molecule has 1 atom stereocenters. The van der Waals surface area contributed by atoms with E-state index in [4.69, 9.17) is 4.74 Å². The van der Waals surface area contributed by atoms with Gasteiger partial charge in [-0.2, -0.15) is 0 Å². The van der Waals surface area contributed by atoms with Crippen LogP contribution in [0.2, 0.25) is 0 Å². The third kappa shape index (κ3) is 3.44. The Morgan fingerprint density at radius 3 is 2.83 bits per heavy atom. The summed E-state index contributed by atoms with van der Waals surface area (Å²) in [6.45, 7) is 7.18. The highest BCUT2D eigenvalue weighted by atomic mass is 16.5. The number of nitrogens with one attached hydrogen (secondary N) is 1. The average Bonchev–Trinajstić information content (AvgIpc) is 2.36. The maximum Gasteiger partial charge on any atom is 0.121 e. The normalized spacial score (nSPS) is 12.9. The molecule has 0 saturated carbocycles. The molecule has 96 valence electrons. The van der Waals surface area contributed by atoms with Crippen LogP contribution in [-0.2, 0) is 0 Å². The summed E-state index contributed by atoms with van der Waals surface area (Å²) in [5.74, 6) is 0.874. The zero-order chi connectivity index (χ0) is 13.0. The SMILES string of the molecule is CC(C)NCC(C)Oc1ccc2cccnc2c1. The van der Waals surface area contributed by atoms with Crippen LogP contribution in [0.15, 0.2) is 36.5 Å². The van der Waals surface area contributed by atoms with Gasteiger partial charge in [-0.25, -0.2) is 0 Å². The molecule has 1 N–H and O–H groups in total. The summed E-state index contributed by atoms with van der Waals surface area (Å²) in [6, 6.07) is 10.5. The Kier molecular flexibility index (Phi) is 4.15. The van der Waals surface area contributed by atoms with E-state index in [1.54, 1.807) is 6.20 Å².